The molecule has 0 saturated carbocycles. The number of rotatable bonds is 5. The van der Waals surface area contributed by atoms with Crippen molar-refractivity contribution in [2.75, 3.05) is 39.5 Å². The lowest BCUT2D eigenvalue weighted by molar-refractivity contribution is -0.908. The van der Waals surface area contributed by atoms with Gasteiger partial charge in [0.25, 0.3) is 0 Å². The Morgan fingerprint density at radius 1 is 0.905 bits per heavy atom. The van der Waals surface area contributed by atoms with Gasteiger partial charge < -0.3 is 14.4 Å². The molecule has 1 heterocycles. The summed E-state index contributed by atoms with van der Waals surface area (Å²) in [6.07, 6.45) is 0. The Labute approximate surface area is 126 Å². The van der Waals surface area contributed by atoms with Gasteiger partial charge in [0, 0.05) is 5.56 Å². The van der Waals surface area contributed by atoms with Gasteiger partial charge in [0.1, 0.15) is 32.0 Å². The third-order valence-corrected chi connectivity index (χ3v) is 3.88. The summed E-state index contributed by atoms with van der Waals surface area (Å²) in [5.41, 5.74) is 2.36. The minimum Gasteiger partial charge on any atom is -0.487 e. The summed E-state index contributed by atoms with van der Waals surface area (Å²) in [7, 11) is 0. The van der Waals surface area contributed by atoms with Crippen molar-refractivity contribution in [2.24, 2.45) is 0 Å². The average molecular weight is 284 g/mol. The molecule has 3 nitrogen and oxygen atoms in total. The van der Waals surface area contributed by atoms with Gasteiger partial charge in [-0.2, -0.15) is 0 Å². The summed E-state index contributed by atoms with van der Waals surface area (Å²) in [6, 6.07) is 18.7. The zero-order chi connectivity index (χ0) is 14.3. The van der Waals surface area contributed by atoms with E-state index in [1.807, 2.05) is 12.1 Å². The first-order valence-corrected chi connectivity index (χ1v) is 7.62. The third-order valence-electron chi connectivity index (χ3n) is 3.88. The molecule has 0 aliphatic carbocycles. The van der Waals surface area contributed by atoms with Crippen LogP contribution in [0.1, 0.15) is 0 Å². The molecule has 1 aliphatic rings. The van der Waals surface area contributed by atoms with Gasteiger partial charge in [0.05, 0.1) is 13.2 Å². The van der Waals surface area contributed by atoms with Crippen LogP contribution >= 0.6 is 0 Å². The molecule has 1 N–H and O–H groups in total. The molecule has 0 bridgehead atoms. The lowest BCUT2D eigenvalue weighted by atomic mass is 10.1. The fraction of sp³-hybridized carbons (Fsp3) is 0.333. The second-order valence-electron chi connectivity index (χ2n) is 5.32. The van der Waals surface area contributed by atoms with Gasteiger partial charge in [-0.25, -0.2) is 0 Å². The van der Waals surface area contributed by atoms with E-state index >= 15 is 0 Å². The SMILES string of the molecule is c1ccc(-c2ccccc2OCC[NH+]2CCOCC2)cc1. The second-order valence-corrected chi connectivity index (χ2v) is 5.32. The molecular weight excluding hydrogens is 262 g/mol. The minimum absolute atomic E-state index is 0.749. The Hall–Kier alpha value is -1.84. The van der Waals surface area contributed by atoms with Crippen LogP contribution in [-0.2, 0) is 4.74 Å². The molecule has 0 spiro atoms. The number of ether oxygens (including phenoxy) is 2. The maximum atomic E-state index is 6.03. The van der Waals surface area contributed by atoms with Gasteiger partial charge in [0.2, 0.25) is 0 Å². The summed E-state index contributed by atoms with van der Waals surface area (Å²) < 4.78 is 11.4. The van der Waals surface area contributed by atoms with Gasteiger partial charge in [-0.1, -0.05) is 48.5 Å². The Bertz CT molecular complexity index is 550. The zero-order valence-electron chi connectivity index (χ0n) is 12.3. The number of para-hydroxylation sites is 1. The Morgan fingerprint density at radius 2 is 1.62 bits per heavy atom. The number of benzene rings is 2. The first-order chi connectivity index (χ1) is 10.4. The number of hydrogen-bond acceptors (Lipinski definition) is 2. The van der Waals surface area contributed by atoms with Crippen molar-refractivity contribution in [1.29, 1.82) is 0 Å². The van der Waals surface area contributed by atoms with Crippen molar-refractivity contribution in [1.82, 2.24) is 0 Å². The Morgan fingerprint density at radius 3 is 2.43 bits per heavy atom. The highest BCUT2D eigenvalue weighted by Gasteiger charge is 2.13. The van der Waals surface area contributed by atoms with Crippen LogP contribution in [0.4, 0.5) is 0 Å². The van der Waals surface area contributed by atoms with Gasteiger partial charge in [-0.15, -0.1) is 0 Å². The summed E-state index contributed by atoms with van der Waals surface area (Å²) in [4.78, 5) is 1.57. The van der Waals surface area contributed by atoms with E-state index in [4.69, 9.17) is 9.47 Å². The predicted molar refractivity (Wildman–Crippen MR) is 83.8 cm³/mol. The number of nitrogens with one attached hydrogen (secondary N) is 1. The fourth-order valence-corrected chi connectivity index (χ4v) is 2.66. The van der Waals surface area contributed by atoms with E-state index in [1.165, 1.54) is 5.56 Å². The molecule has 2 aromatic rings. The van der Waals surface area contributed by atoms with Crippen LogP contribution in [-0.4, -0.2) is 39.5 Å². The zero-order valence-corrected chi connectivity index (χ0v) is 12.3. The van der Waals surface area contributed by atoms with Crippen molar-refractivity contribution < 1.29 is 14.4 Å². The van der Waals surface area contributed by atoms with E-state index in [2.05, 4.69) is 42.5 Å². The average Bonchev–Trinajstić information content (AvgIpc) is 2.57. The minimum atomic E-state index is 0.749. The molecule has 0 unspecified atom stereocenters. The van der Waals surface area contributed by atoms with Crippen LogP contribution in [0.25, 0.3) is 11.1 Å². The van der Waals surface area contributed by atoms with Gasteiger partial charge >= 0.3 is 0 Å². The molecular formula is C18H22NO2+. The molecule has 1 saturated heterocycles. The topological polar surface area (TPSA) is 22.9 Å². The normalized spacial score (nSPS) is 15.8. The maximum Gasteiger partial charge on any atom is 0.137 e. The first kappa shape index (κ1) is 14.1. The number of hydrogen-bond donors (Lipinski definition) is 1. The highest BCUT2D eigenvalue weighted by molar-refractivity contribution is 5.70. The summed E-state index contributed by atoms with van der Waals surface area (Å²) >= 11 is 0. The molecule has 2 aromatic carbocycles. The van der Waals surface area contributed by atoms with E-state index in [9.17, 15) is 0 Å². The van der Waals surface area contributed by atoms with E-state index in [0.29, 0.717) is 0 Å². The van der Waals surface area contributed by atoms with Crippen LogP contribution in [0.3, 0.4) is 0 Å². The second kappa shape index (κ2) is 7.25. The predicted octanol–water partition coefficient (Wildman–Crippen LogP) is 1.65. The molecule has 0 radical (unpaired) electrons. The fourth-order valence-electron chi connectivity index (χ4n) is 2.66. The van der Waals surface area contributed by atoms with E-state index in [1.54, 1.807) is 4.90 Å². The van der Waals surface area contributed by atoms with Crippen molar-refractivity contribution in [2.45, 2.75) is 0 Å². The summed E-state index contributed by atoms with van der Waals surface area (Å²) in [5, 5.41) is 0. The van der Waals surface area contributed by atoms with Gasteiger partial charge in [-0.3, -0.25) is 0 Å². The van der Waals surface area contributed by atoms with Crippen LogP contribution in [0.5, 0.6) is 5.75 Å². The van der Waals surface area contributed by atoms with Crippen LogP contribution in [0, 0.1) is 0 Å². The highest BCUT2D eigenvalue weighted by atomic mass is 16.5. The summed E-state index contributed by atoms with van der Waals surface area (Å²) in [6.45, 7) is 5.70. The third kappa shape index (κ3) is 3.84. The molecule has 0 aromatic heterocycles. The van der Waals surface area contributed by atoms with E-state index in [0.717, 1.165) is 50.8 Å². The molecule has 0 amide bonds. The number of quaternary nitrogens is 1. The van der Waals surface area contributed by atoms with Crippen LogP contribution in [0.15, 0.2) is 54.6 Å². The molecule has 1 aliphatic heterocycles. The van der Waals surface area contributed by atoms with Gasteiger partial charge in [0.15, 0.2) is 0 Å². The van der Waals surface area contributed by atoms with E-state index in [-0.39, 0.29) is 0 Å². The number of morpholine rings is 1. The first-order valence-electron chi connectivity index (χ1n) is 7.62. The molecule has 21 heavy (non-hydrogen) atoms. The largest absolute Gasteiger partial charge is 0.487 e. The molecule has 110 valence electrons. The van der Waals surface area contributed by atoms with Crippen molar-refractivity contribution in [3.8, 4) is 16.9 Å². The molecule has 1 fully saturated rings. The lowest BCUT2D eigenvalue weighted by Gasteiger charge is -2.23. The monoisotopic (exact) mass is 284 g/mol. The molecule has 3 rings (SSSR count). The quantitative estimate of drug-likeness (QED) is 0.902. The van der Waals surface area contributed by atoms with Crippen LogP contribution < -0.4 is 9.64 Å². The highest BCUT2D eigenvalue weighted by Crippen LogP contribution is 2.29. The van der Waals surface area contributed by atoms with E-state index < -0.39 is 0 Å². The maximum absolute atomic E-state index is 6.03. The summed E-state index contributed by atoms with van der Waals surface area (Å²) in [5.74, 6) is 0.969. The standard InChI is InChI=1S/C18H21NO2/c1-2-6-16(7-3-1)17-8-4-5-9-18(17)21-15-12-19-10-13-20-14-11-19/h1-9H,10-15H2/p+1. The smallest absolute Gasteiger partial charge is 0.137 e. The molecule has 0 atom stereocenters. The van der Waals surface area contributed by atoms with Crippen LogP contribution in [0.2, 0.25) is 0 Å². The lowest BCUT2D eigenvalue weighted by Crippen LogP contribution is -3.14. The Kier molecular flexibility index (Phi) is 4.87. The van der Waals surface area contributed by atoms with Crippen molar-refractivity contribution in [3.63, 3.8) is 0 Å². The van der Waals surface area contributed by atoms with Gasteiger partial charge in [-0.05, 0) is 11.6 Å². The molecule has 3 heteroatoms. The van der Waals surface area contributed by atoms with Crippen molar-refractivity contribution >= 4 is 0 Å². The Balaban J connectivity index is 1.63. The van der Waals surface area contributed by atoms with Crippen molar-refractivity contribution in [3.05, 3.63) is 54.6 Å².